The summed E-state index contributed by atoms with van der Waals surface area (Å²) in [5.74, 6) is 0. The van der Waals surface area contributed by atoms with Gasteiger partial charge < -0.3 is 0 Å². The Labute approximate surface area is 66.8 Å². The number of fused-ring (bicyclic) bond motifs is 1. The quantitative estimate of drug-likeness (QED) is 0.565. The summed E-state index contributed by atoms with van der Waals surface area (Å²) in [6, 6.07) is 7.83. The van der Waals surface area contributed by atoms with E-state index in [0.717, 1.165) is 11.0 Å². The van der Waals surface area contributed by atoms with Gasteiger partial charge in [0.15, 0.2) is 0 Å². The van der Waals surface area contributed by atoms with Crippen molar-refractivity contribution in [2.45, 2.75) is 0 Å². The number of benzene rings is 1. The van der Waals surface area contributed by atoms with Crippen molar-refractivity contribution in [2.24, 2.45) is 0 Å². The number of rotatable bonds is 0. The van der Waals surface area contributed by atoms with Crippen LogP contribution in [0.1, 0.15) is 0 Å². The molecule has 0 aliphatic rings. The van der Waals surface area contributed by atoms with Gasteiger partial charge in [0.1, 0.15) is 0 Å². The van der Waals surface area contributed by atoms with Crippen LogP contribution in [-0.4, -0.2) is 31.0 Å². The summed E-state index contributed by atoms with van der Waals surface area (Å²) in [5.41, 5.74) is 1.98. The van der Waals surface area contributed by atoms with Crippen molar-refractivity contribution in [1.29, 1.82) is 0 Å². The van der Waals surface area contributed by atoms with Crippen molar-refractivity contribution in [3.05, 3.63) is 24.3 Å². The molecular weight excluding hydrogens is 189 g/mol. The molecular formula is C6H4AsN3. The molecule has 0 unspecified atom stereocenters. The van der Waals surface area contributed by atoms with Crippen molar-refractivity contribution < 1.29 is 0 Å². The van der Waals surface area contributed by atoms with Gasteiger partial charge in [0.2, 0.25) is 0 Å². The molecule has 2 rings (SSSR count). The van der Waals surface area contributed by atoms with Crippen molar-refractivity contribution in [3.63, 3.8) is 0 Å². The van der Waals surface area contributed by atoms with Crippen LogP contribution in [-0.2, 0) is 0 Å². The van der Waals surface area contributed by atoms with E-state index in [2.05, 4.69) is 27.4 Å². The van der Waals surface area contributed by atoms with E-state index in [1.165, 1.54) is 0 Å². The molecule has 3 nitrogen and oxygen atoms in total. The topological polar surface area (TPSA) is 30.7 Å². The molecule has 0 aliphatic carbocycles. The summed E-state index contributed by atoms with van der Waals surface area (Å²) in [4.78, 5) is 0. The van der Waals surface area contributed by atoms with Crippen LogP contribution in [0.25, 0.3) is 11.0 Å². The molecule has 1 aromatic heterocycles. The Kier molecular flexibility index (Phi) is 1.24. The van der Waals surface area contributed by atoms with Crippen LogP contribution >= 0.6 is 0 Å². The maximum absolute atomic E-state index is 3.92. The zero-order chi connectivity index (χ0) is 6.97. The number of hydrogen-bond donors (Lipinski definition) is 0. The molecule has 4 heteroatoms. The number of aromatic nitrogens is 3. The summed E-state index contributed by atoms with van der Waals surface area (Å²) < 4.78 is 1.70. The van der Waals surface area contributed by atoms with Crippen LogP contribution in [0.4, 0.5) is 0 Å². The van der Waals surface area contributed by atoms with Gasteiger partial charge in [-0.25, -0.2) is 0 Å². The molecule has 1 heterocycles. The Bertz CT molecular complexity index is 355. The van der Waals surface area contributed by atoms with Gasteiger partial charge in [-0.1, -0.05) is 0 Å². The normalized spacial score (nSPS) is 10.5. The Hall–Kier alpha value is -0.822. The maximum atomic E-state index is 3.92. The van der Waals surface area contributed by atoms with Crippen molar-refractivity contribution in [2.75, 3.05) is 0 Å². The van der Waals surface area contributed by atoms with Crippen LogP contribution < -0.4 is 0 Å². The fourth-order valence-electron chi connectivity index (χ4n) is 0.857. The van der Waals surface area contributed by atoms with Crippen LogP contribution in [0.15, 0.2) is 24.3 Å². The first-order valence-corrected chi connectivity index (χ1v) is 3.71. The third-order valence-electron chi connectivity index (χ3n) is 1.33. The molecule has 2 aromatic rings. The standard InChI is InChI=1S/C6H4AsN3/c7-10-6-4-2-1-3-5(6)8-9-10/h1-4H. The van der Waals surface area contributed by atoms with Crippen LogP contribution in [0, 0.1) is 0 Å². The average Bonchev–Trinajstić information content (AvgIpc) is 2.34. The molecule has 0 aliphatic heterocycles. The zero-order valence-electron chi connectivity index (χ0n) is 5.10. The second-order valence-electron chi connectivity index (χ2n) is 1.97. The first-order valence-electron chi connectivity index (χ1n) is 2.87. The van der Waals surface area contributed by atoms with Gasteiger partial charge in [-0.15, -0.1) is 0 Å². The Morgan fingerprint density at radius 3 is 2.90 bits per heavy atom. The summed E-state index contributed by atoms with van der Waals surface area (Å²) >= 11 is 2.33. The Morgan fingerprint density at radius 1 is 1.30 bits per heavy atom. The minimum atomic E-state index is 0.933. The first-order chi connectivity index (χ1) is 4.88. The van der Waals surface area contributed by atoms with Crippen molar-refractivity contribution in [3.8, 4) is 0 Å². The molecule has 0 amide bonds. The third-order valence-corrected chi connectivity index (χ3v) is 1.95. The second kappa shape index (κ2) is 2.10. The number of para-hydroxylation sites is 1. The van der Waals surface area contributed by atoms with Gasteiger partial charge in [0.25, 0.3) is 0 Å². The second-order valence-corrected chi connectivity index (χ2v) is 2.76. The van der Waals surface area contributed by atoms with Gasteiger partial charge >= 0.3 is 66.3 Å². The van der Waals surface area contributed by atoms with E-state index >= 15 is 0 Å². The van der Waals surface area contributed by atoms with E-state index in [4.69, 9.17) is 0 Å². The predicted octanol–water partition coefficient (Wildman–Crippen LogP) is 0.363. The molecule has 0 atom stereocenters. The van der Waals surface area contributed by atoms with Gasteiger partial charge in [-0.2, -0.15) is 0 Å². The van der Waals surface area contributed by atoms with Crippen LogP contribution in [0.3, 0.4) is 0 Å². The van der Waals surface area contributed by atoms with E-state index in [1.807, 2.05) is 24.3 Å². The van der Waals surface area contributed by atoms with Crippen molar-refractivity contribution >= 4 is 28.1 Å². The van der Waals surface area contributed by atoms with Crippen molar-refractivity contribution in [1.82, 2.24) is 13.9 Å². The Morgan fingerprint density at radius 2 is 2.10 bits per heavy atom. The van der Waals surface area contributed by atoms with Gasteiger partial charge in [-0.3, -0.25) is 0 Å². The molecule has 0 saturated carbocycles. The third kappa shape index (κ3) is 0.745. The van der Waals surface area contributed by atoms with E-state index in [1.54, 1.807) is 3.60 Å². The van der Waals surface area contributed by atoms with Gasteiger partial charge in [-0.05, 0) is 0 Å². The van der Waals surface area contributed by atoms with E-state index < -0.39 is 0 Å². The Balaban J connectivity index is 2.93. The molecule has 0 N–H and O–H groups in total. The molecule has 0 bridgehead atoms. The SMILES string of the molecule is [As]n1nnc2ccccc21. The molecule has 0 fully saturated rings. The van der Waals surface area contributed by atoms with E-state index in [0.29, 0.717) is 0 Å². The van der Waals surface area contributed by atoms with Crippen LogP contribution in [0.5, 0.6) is 0 Å². The number of hydrogen-bond acceptors (Lipinski definition) is 2. The summed E-state index contributed by atoms with van der Waals surface area (Å²) in [7, 11) is 0. The molecule has 0 spiro atoms. The van der Waals surface area contributed by atoms with E-state index in [9.17, 15) is 0 Å². The summed E-state index contributed by atoms with van der Waals surface area (Å²) in [6.07, 6.45) is 0. The molecule has 10 heavy (non-hydrogen) atoms. The average molecular weight is 193 g/mol. The fourth-order valence-corrected chi connectivity index (χ4v) is 1.30. The minimum absolute atomic E-state index is 0.933. The first kappa shape index (κ1) is 5.93. The predicted molar refractivity (Wildman–Crippen MR) is 38.7 cm³/mol. The fraction of sp³-hybridized carbons (Fsp3) is 0. The molecule has 1 aromatic carbocycles. The van der Waals surface area contributed by atoms with Gasteiger partial charge in [0, 0.05) is 0 Å². The van der Waals surface area contributed by atoms with Gasteiger partial charge in [0.05, 0.1) is 0 Å². The summed E-state index contributed by atoms with van der Waals surface area (Å²) in [6.45, 7) is 0. The number of nitrogens with zero attached hydrogens (tertiary/aromatic N) is 3. The molecule has 48 valence electrons. The molecule has 0 saturated heterocycles. The molecule has 2 radical (unpaired) electrons. The zero-order valence-corrected chi connectivity index (χ0v) is 6.97. The van der Waals surface area contributed by atoms with Crippen LogP contribution in [0.2, 0.25) is 0 Å². The monoisotopic (exact) mass is 193 g/mol. The van der Waals surface area contributed by atoms with E-state index in [-0.39, 0.29) is 0 Å². The summed E-state index contributed by atoms with van der Waals surface area (Å²) in [5, 5.41) is 7.75.